The van der Waals surface area contributed by atoms with Gasteiger partial charge in [-0.05, 0) is 30.3 Å². The third kappa shape index (κ3) is 2.64. The first kappa shape index (κ1) is 15.8. The standard InChI is InChI=1S/C17H13N3O3S/c18-8-10-24(22,23)14-5-2-4-13(11-14)20-9-7-12-3-1-6-15(16(12)20)17(19)21/h1-7,9,11H,10H2,(H2,19,21). The lowest BCUT2D eigenvalue weighted by Gasteiger charge is -2.10. The van der Waals surface area contributed by atoms with E-state index in [9.17, 15) is 13.2 Å². The number of rotatable bonds is 4. The molecule has 3 aromatic rings. The van der Waals surface area contributed by atoms with Crippen LogP contribution < -0.4 is 5.73 Å². The van der Waals surface area contributed by atoms with Gasteiger partial charge in [0.05, 0.1) is 22.0 Å². The molecule has 24 heavy (non-hydrogen) atoms. The van der Waals surface area contributed by atoms with E-state index < -0.39 is 21.5 Å². The first-order chi connectivity index (χ1) is 11.4. The summed E-state index contributed by atoms with van der Waals surface area (Å²) in [4.78, 5) is 11.7. The van der Waals surface area contributed by atoms with E-state index in [2.05, 4.69) is 0 Å². The lowest BCUT2D eigenvalue weighted by atomic mass is 10.1. The van der Waals surface area contributed by atoms with Gasteiger partial charge in [0.25, 0.3) is 5.91 Å². The van der Waals surface area contributed by atoms with Gasteiger partial charge in [-0.1, -0.05) is 18.2 Å². The molecule has 1 heterocycles. The van der Waals surface area contributed by atoms with E-state index in [0.29, 0.717) is 16.8 Å². The van der Waals surface area contributed by atoms with Crippen molar-refractivity contribution in [1.29, 1.82) is 5.26 Å². The Morgan fingerprint density at radius 1 is 1.17 bits per heavy atom. The predicted octanol–water partition coefficient (Wildman–Crippen LogP) is 2.03. The fraction of sp³-hybridized carbons (Fsp3) is 0.0588. The van der Waals surface area contributed by atoms with Crippen molar-refractivity contribution < 1.29 is 13.2 Å². The zero-order valence-electron chi connectivity index (χ0n) is 12.5. The summed E-state index contributed by atoms with van der Waals surface area (Å²) in [6.07, 6.45) is 1.74. The average molecular weight is 339 g/mol. The minimum atomic E-state index is -3.67. The van der Waals surface area contributed by atoms with Crippen molar-refractivity contribution in [1.82, 2.24) is 4.57 Å². The molecule has 0 spiro atoms. The number of amides is 1. The van der Waals surface area contributed by atoms with Gasteiger partial charge in [0, 0.05) is 17.3 Å². The van der Waals surface area contributed by atoms with Crippen molar-refractivity contribution in [2.75, 3.05) is 5.75 Å². The molecule has 1 amide bonds. The molecule has 0 aliphatic carbocycles. The number of carbonyl (C=O) groups is 1. The highest BCUT2D eigenvalue weighted by molar-refractivity contribution is 7.91. The van der Waals surface area contributed by atoms with Crippen molar-refractivity contribution in [3.05, 3.63) is 60.3 Å². The molecular formula is C17H13N3O3S. The summed E-state index contributed by atoms with van der Waals surface area (Å²) in [6, 6.07) is 14.9. The van der Waals surface area contributed by atoms with Gasteiger partial charge in [0.15, 0.2) is 9.84 Å². The lowest BCUT2D eigenvalue weighted by Crippen LogP contribution is -2.12. The van der Waals surface area contributed by atoms with Gasteiger partial charge >= 0.3 is 0 Å². The Hall–Kier alpha value is -3.11. The second kappa shape index (κ2) is 5.83. The van der Waals surface area contributed by atoms with E-state index in [0.717, 1.165) is 5.39 Å². The lowest BCUT2D eigenvalue weighted by molar-refractivity contribution is 0.100. The highest BCUT2D eigenvalue weighted by Gasteiger charge is 2.16. The quantitative estimate of drug-likeness (QED) is 0.785. The topological polar surface area (TPSA) is 106 Å². The molecule has 120 valence electrons. The van der Waals surface area contributed by atoms with Crippen molar-refractivity contribution in [2.24, 2.45) is 5.73 Å². The highest BCUT2D eigenvalue weighted by atomic mass is 32.2. The minimum Gasteiger partial charge on any atom is -0.366 e. The SMILES string of the molecule is N#CCS(=O)(=O)c1cccc(-n2ccc3cccc(C(N)=O)c32)c1. The number of hydrogen-bond donors (Lipinski definition) is 1. The summed E-state index contributed by atoms with van der Waals surface area (Å²) >= 11 is 0. The van der Waals surface area contributed by atoms with Crippen molar-refractivity contribution in [2.45, 2.75) is 4.90 Å². The van der Waals surface area contributed by atoms with E-state index in [1.807, 2.05) is 12.1 Å². The number of para-hydroxylation sites is 1. The zero-order valence-corrected chi connectivity index (χ0v) is 13.3. The van der Waals surface area contributed by atoms with E-state index in [-0.39, 0.29) is 4.90 Å². The number of aromatic nitrogens is 1. The Labute approximate surface area is 138 Å². The van der Waals surface area contributed by atoms with E-state index >= 15 is 0 Å². The summed E-state index contributed by atoms with van der Waals surface area (Å²) in [5.74, 6) is -1.15. The number of nitrogens with two attached hydrogens (primary N) is 1. The van der Waals surface area contributed by atoms with Crippen molar-refractivity contribution in [3.63, 3.8) is 0 Å². The molecule has 3 rings (SSSR count). The first-order valence-corrected chi connectivity index (χ1v) is 8.69. The van der Waals surface area contributed by atoms with Crippen LogP contribution in [0.3, 0.4) is 0 Å². The molecule has 7 heteroatoms. The number of hydrogen-bond acceptors (Lipinski definition) is 4. The van der Waals surface area contributed by atoms with Crippen LogP contribution >= 0.6 is 0 Å². The summed E-state index contributed by atoms with van der Waals surface area (Å²) in [7, 11) is -3.67. The van der Waals surface area contributed by atoms with Gasteiger partial charge in [-0.3, -0.25) is 4.79 Å². The van der Waals surface area contributed by atoms with Crippen LogP contribution in [0.15, 0.2) is 59.6 Å². The summed E-state index contributed by atoms with van der Waals surface area (Å²) in [5.41, 5.74) is 6.97. The van der Waals surface area contributed by atoms with Crippen LogP contribution in [0, 0.1) is 11.3 Å². The zero-order chi connectivity index (χ0) is 17.3. The molecular weight excluding hydrogens is 326 g/mol. The van der Waals surface area contributed by atoms with Crippen LogP contribution in [0.5, 0.6) is 0 Å². The van der Waals surface area contributed by atoms with Crippen molar-refractivity contribution >= 4 is 26.6 Å². The molecule has 0 unspecified atom stereocenters. The molecule has 0 saturated carbocycles. The number of sulfone groups is 1. The first-order valence-electron chi connectivity index (χ1n) is 7.04. The molecule has 6 nitrogen and oxygen atoms in total. The Balaban J connectivity index is 2.23. The molecule has 1 aromatic heterocycles. The molecule has 2 aromatic carbocycles. The number of primary amides is 1. The second-order valence-electron chi connectivity index (χ2n) is 5.21. The van der Waals surface area contributed by atoms with E-state index in [1.54, 1.807) is 41.1 Å². The molecule has 0 aliphatic rings. The fourth-order valence-corrected chi connectivity index (χ4v) is 3.53. The predicted molar refractivity (Wildman–Crippen MR) is 89.5 cm³/mol. The van der Waals surface area contributed by atoms with Crippen LogP contribution in [0.2, 0.25) is 0 Å². The summed E-state index contributed by atoms with van der Waals surface area (Å²) in [5, 5.41) is 9.49. The fourth-order valence-electron chi connectivity index (χ4n) is 2.60. The van der Waals surface area contributed by atoms with Crippen LogP contribution in [0.1, 0.15) is 10.4 Å². The third-order valence-corrected chi connectivity index (χ3v) is 5.17. The molecule has 0 aliphatic heterocycles. The molecule has 2 N–H and O–H groups in total. The normalized spacial score (nSPS) is 11.3. The smallest absolute Gasteiger partial charge is 0.250 e. The van der Waals surface area contributed by atoms with Gasteiger partial charge in [-0.2, -0.15) is 5.26 Å². The third-order valence-electron chi connectivity index (χ3n) is 3.69. The van der Waals surface area contributed by atoms with E-state index in [4.69, 9.17) is 11.0 Å². The highest BCUT2D eigenvalue weighted by Crippen LogP contribution is 2.25. The molecule has 0 radical (unpaired) electrons. The van der Waals surface area contributed by atoms with Crippen LogP contribution in [0.4, 0.5) is 0 Å². The Bertz CT molecular complexity index is 1090. The molecule has 0 atom stereocenters. The molecule has 0 bridgehead atoms. The minimum absolute atomic E-state index is 0.0555. The molecule has 0 fully saturated rings. The number of fused-ring (bicyclic) bond motifs is 1. The van der Waals surface area contributed by atoms with Gasteiger partial charge in [-0.25, -0.2) is 8.42 Å². The second-order valence-corrected chi connectivity index (χ2v) is 7.20. The van der Waals surface area contributed by atoms with Crippen LogP contribution in [-0.2, 0) is 9.84 Å². The number of nitrogens with zero attached hydrogens (tertiary/aromatic N) is 2. The molecule has 0 saturated heterocycles. The van der Waals surface area contributed by atoms with Gasteiger partial charge in [0.1, 0.15) is 5.75 Å². The Morgan fingerprint density at radius 2 is 1.92 bits per heavy atom. The number of nitriles is 1. The van der Waals surface area contributed by atoms with Crippen LogP contribution in [0.25, 0.3) is 16.6 Å². The van der Waals surface area contributed by atoms with Gasteiger partial charge < -0.3 is 10.3 Å². The average Bonchev–Trinajstić information content (AvgIpc) is 2.98. The number of benzene rings is 2. The Morgan fingerprint density at radius 3 is 2.62 bits per heavy atom. The maximum absolute atomic E-state index is 12.1. The van der Waals surface area contributed by atoms with Crippen molar-refractivity contribution in [3.8, 4) is 11.8 Å². The van der Waals surface area contributed by atoms with Gasteiger partial charge in [-0.15, -0.1) is 0 Å². The number of carbonyl (C=O) groups excluding carboxylic acids is 1. The van der Waals surface area contributed by atoms with Gasteiger partial charge in [0.2, 0.25) is 0 Å². The maximum atomic E-state index is 12.1. The largest absolute Gasteiger partial charge is 0.366 e. The maximum Gasteiger partial charge on any atom is 0.250 e. The van der Waals surface area contributed by atoms with Crippen LogP contribution in [-0.4, -0.2) is 24.6 Å². The summed E-state index contributed by atoms with van der Waals surface area (Å²) in [6.45, 7) is 0. The Kier molecular flexibility index (Phi) is 3.83. The summed E-state index contributed by atoms with van der Waals surface area (Å²) < 4.78 is 25.9. The van der Waals surface area contributed by atoms with E-state index in [1.165, 1.54) is 12.1 Å². The monoisotopic (exact) mass is 339 g/mol.